The maximum atomic E-state index is 12.5. The summed E-state index contributed by atoms with van der Waals surface area (Å²) in [4.78, 5) is 29.6. The van der Waals surface area contributed by atoms with Crippen molar-refractivity contribution in [1.29, 1.82) is 0 Å². The molecule has 10 heteroatoms. The lowest BCUT2D eigenvalue weighted by Gasteiger charge is -2.36. The van der Waals surface area contributed by atoms with Crippen LogP contribution in [0.25, 0.3) is 10.9 Å². The molecule has 1 N–H and O–H groups in total. The Labute approximate surface area is 190 Å². The number of hydrogen-bond donors (Lipinski definition) is 1. The summed E-state index contributed by atoms with van der Waals surface area (Å²) in [5.74, 6) is 0.288. The first-order chi connectivity index (χ1) is 15.3. The highest BCUT2D eigenvalue weighted by Crippen LogP contribution is 2.25. The van der Waals surface area contributed by atoms with Gasteiger partial charge in [-0.25, -0.2) is 4.68 Å². The first kappa shape index (κ1) is 22.3. The van der Waals surface area contributed by atoms with Crippen molar-refractivity contribution in [1.82, 2.24) is 25.2 Å². The highest BCUT2D eigenvalue weighted by molar-refractivity contribution is 6.30. The molecule has 0 spiro atoms. The molecule has 32 heavy (non-hydrogen) atoms. The topological polar surface area (TPSA) is 96.5 Å². The Hall–Kier alpha value is -2.91. The first-order valence-corrected chi connectivity index (χ1v) is 11.0. The van der Waals surface area contributed by atoms with Crippen molar-refractivity contribution in [3.8, 4) is 0 Å². The van der Waals surface area contributed by atoms with Gasteiger partial charge in [-0.1, -0.05) is 22.8 Å². The third-order valence-electron chi connectivity index (χ3n) is 5.86. The zero-order valence-electron chi connectivity index (χ0n) is 18.5. The van der Waals surface area contributed by atoms with Crippen molar-refractivity contribution >= 4 is 34.1 Å². The van der Waals surface area contributed by atoms with Gasteiger partial charge in [0.25, 0.3) is 5.56 Å². The van der Waals surface area contributed by atoms with Crippen LogP contribution in [-0.2, 0) is 11.3 Å². The molecule has 0 aliphatic carbocycles. The van der Waals surface area contributed by atoms with Crippen molar-refractivity contribution < 1.29 is 9.32 Å². The summed E-state index contributed by atoms with van der Waals surface area (Å²) < 4.78 is 6.24. The summed E-state index contributed by atoms with van der Waals surface area (Å²) >= 11 is 6.16. The van der Waals surface area contributed by atoms with E-state index in [1.807, 2.05) is 18.2 Å². The normalized spacial score (nSPS) is 14.8. The van der Waals surface area contributed by atoms with Crippen LogP contribution in [0.5, 0.6) is 0 Å². The van der Waals surface area contributed by atoms with E-state index in [9.17, 15) is 9.59 Å². The molecular formula is C22H27ClN6O3. The summed E-state index contributed by atoms with van der Waals surface area (Å²) in [7, 11) is 0. The Kier molecular flexibility index (Phi) is 6.48. The van der Waals surface area contributed by atoms with Gasteiger partial charge in [0.1, 0.15) is 12.3 Å². The average molecular weight is 459 g/mol. The number of rotatable bonds is 6. The molecule has 2 aromatic heterocycles. The highest BCUT2D eigenvalue weighted by atomic mass is 35.5. The van der Waals surface area contributed by atoms with Crippen LogP contribution in [0.1, 0.15) is 17.0 Å². The van der Waals surface area contributed by atoms with Gasteiger partial charge in [0, 0.05) is 50.0 Å². The standard InChI is InChI=1S/C22H27ClN6O3/c1-14-4-5-17(23)12-18(14)28-10-8-27(9-11-28)7-6-24-19(30)13-29-22(31)21-20(15(2)25-29)16(3)32-26-21/h4-5,12H,6-11,13H2,1-3H3,(H,24,30). The Morgan fingerprint density at radius 2 is 1.94 bits per heavy atom. The van der Waals surface area contributed by atoms with E-state index < -0.39 is 5.56 Å². The number of halogens is 1. The molecule has 3 aromatic rings. The lowest BCUT2D eigenvalue weighted by molar-refractivity contribution is -0.121. The molecule has 1 fully saturated rings. The minimum atomic E-state index is -0.426. The van der Waals surface area contributed by atoms with Crippen LogP contribution in [0.3, 0.4) is 0 Å². The predicted octanol–water partition coefficient (Wildman–Crippen LogP) is 1.90. The lowest BCUT2D eigenvalue weighted by Crippen LogP contribution is -2.49. The Balaban J connectivity index is 1.26. The van der Waals surface area contributed by atoms with E-state index in [4.69, 9.17) is 16.1 Å². The smallest absolute Gasteiger partial charge is 0.297 e. The van der Waals surface area contributed by atoms with Gasteiger partial charge in [0.05, 0.1) is 11.1 Å². The number of fused-ring (bicyclic) bond motifs is 1. The molecule has 170 valence electrons. The number of aryl methyl sites for hydroxylation is 3. The molecule has 0 radical (unpaired) electrons. The van der Waals surface area contributed by atoms with Gasteiger partial charge in [-0.2, -0.15) is 5.10 Å². The van der Waals surface area contributed by atoms with Gasteiger partial charge in [-0.05, 0) is 38.5 Å². The fourth-order valence-electron chi connectivity index (χ4n) is 4.13. The number of hydrogen-bond acceptors (Lipinski definition) is 7. The quantitative estimate of drug-likeness (QED) is 0.602. The van der Waals surface area contributed by atoms with Crippen LogP contribution >= 0.6 is 11.6 Å². The molecule has 0 saturated carbocycles. The van der Waals surface area contributed by atoms with E-state index in [0.29, 0.717) is 23.4 Å². The second-order valence-electron chi connectivity index (χ2n) is 8.12. The Morgan fingerprint density at radius 1 is 1.19 bits per heavy atom. The van der Waals surface area contributed by atoms with Crippen molar-refractivity contribution in [2.45, 2.75) is 27.3 Å². The fourth-order valence-corrected chi connectivity index (χ4v) is 4.30. The van der Waals surface area contributed by atoms with E-state index in [2.05, 4.69) is 32.3 Å². The van der Waals surface area contributed by atoms with Crippen molar-refractivity contribution in [2.75, 3.05) is 44.2 Å². The van der Waals surface area contributed by atoms with Crippen molar-refractivity contribution in [3.05, 3.63) is 50.6 Å². The van der Waals surface area contributed by atoms with Gasteiger partial charge < -0.3 is 14.7 Å². The number of carbonyl (C=O) groups is 1. The van der Waals surface area contributed by atoms with Crippen LogP contribution in [0.2, 0.25) is 5.02 Å². The second kappa shape index (κ2) is 9.30. The maximum Gasteiger partial charge on any atom is 0.297 e. The molecule has 1 saturated heterocycles. The second-order valence-corrected chi connectivity index (χ2v) is 8.56. The van der Waals surface area contributed by atoms with Gasteiger partial charge >= 0.3 is 0 Å². The molecule has 0 bridgehead atoms. The SMILES string of the molecule is Cc1ccc(Cl)cc1N1CCN(CCNC(=O)Cn2nc(C)c3c(C)onc3c2=O)CC1. The number of nitrogens with zero attached hydrogens (tertiary/aromatic N) is 5. The van der Waals surface area contributed by atoms with E-state index in [1.165, 1.54) is 11.3 Å². The van der Waals surface area contributed by atoms with Crippen LogP contribution in [0.15, 0.2) is 27.5 Å². The minimum absolute atomic E-state index is 0.149. The molecule has 0 atom stereocenters. The number of carbonyl (C=O) groups excluding carboxylic acids is 1. The van der Waals surface area contributed by atoms with E-state index in [-0.39, 0.29) is 18.0 Å². The maximum absolute atomic E-state index is 12.5. The van der Waals surface area contributed by atoms with E-state index in [1.54, 1.807) is 13.8 Å². The molecule has 1 aromatic carbocycles. The Bertz CT molecular complexity index is 1200. The fraction of sp³-hybridized carbons (Fsp3) is 0.455. The number of amides is 1. The molecule has 1 aliphatic heterocycles. The van der Waals surface area contributed by atoms with E-state index >= 15 is 0 Å². The van der Waals surface area contributed by atoms with E-state index in [0.717, 1.165) is 42.4 Å². The largest absolute Gasteiger partial charge is 0.369 e. The molecular weight excluding hydrogens is 432 g/mol. The number of piperazine rings is 1. The number of benzene rings is 1. The van der Waals surface area contributed by atoms with Crippen LogP contribution < -0.4 is 15.8 Å². The monoisotopic (exact) mass is 458 g/mol. The molecule has 1 aliphatic rings. The first-order valence-electron chi connectivity index (χ1n) is 10.7. The molecule has 0 unspecified atom stereocenters. The number of nitrogens with one attached hydrogen (secondary N) is 1. The zero-order valence-corrected chi connectivity index (χ0v) is 19.3. The van der Waals surface area contributed by atoms with Crippen LogP contribution in [0.4, 0.5) is 5.69 Å². The third-order valence-corrected chi connectivity index (χ3v) is 6.10. The van der Waals surface area contributed by atoms with Crippen LogP contribution in [-0.4, -0.2) is 65.0 Å². The summed E-state index contributed by atoms with van der Waals surface area (Å²) in [6.07, 6.45) is 0. The van der Waals surface area contributed by atoms with Crippen molar-refractivity contribution in [3.63, 3.8) is 0 Å². The lowest BCUT2D eigenvalue weighted by atomic mass is 10.1. The average Bonchev–Trinajstić information content (AvgIpc) is 3.16. The minimum Gasteiger partial charge on any atom is -0.369 e. The van der Waals surface area contributed by atoms with Crippen molar-refractivity contribution in [2.24, 2.45) is 0 Å². The summed E-state index contributed by atoms with van der Waals surface area (Å²) in [6.45, 7) is 10.3. The molecule has 3 heterocycles. The predicted molar refractivity (Wildman–Crippen MR) is 123 cm³/mol. The molecule has 1 amide bonds. The molecule has 9 nitrogen and oxygen atoms in total. The third kappa shape index (κ3) is 4.63. The number of anilines is 1. The van der Waals surface area contributed by atoms with Gasteiger partial charge in [0.2, 0.25) is 5.91 Å². The number of aromatic nitrogens is 3. The zero-order chi connectivity index (χ0) is 22.8. The van der Waals surface area contributed by atoms with Gasteiger partial charge in [0.15, 0.2) is 5.52 Å². The van der Waals surface area contributed by atoms with Crippen LogP contribution in [0, 0.1) is 20.8 Å². The highest BCUT2D eigenvalue weighted by Gasteiger charge is 2.19. The molecule has 4 rings (SSSR count). The summed E-state index contributed by atoms with van der Waals surface area (Å²) in [5, 5.41) is 12.3. The van der Waals surface area contributed by atoms with Gasteiger partial charge in [-0.3, -0.25) is 14.5 Å². The van der Waals surface area contributed by atoms with Gasteiger partial charge in [-0.15, -0.1) is 0 Å². The Morgan fingerprint density at radius 3 is 2.69 bits per heavy atom. The summed E-state index contributed by atoms with van der Waals surface area (Å²) in [6, 6.07) is 5.97. The summed E-state index contributed by atoms with van der Waals surface area (Å²) in [5.41, 5.74) is 2.78.